The summed E-state index contributed by atoms with van der Waals surface area (Å²) < 4.78 is 14.6. The number of amides is 1. The maximum Gasteiger partial charge on any atom is 0.225 e. The van der Waals surface area contributed by atoms with Gasteiger partial charge in [0.2, 0.25) is 5.91 Å². The highest BCUT2D eigenvalue weighted by molar-refractivity contribution is 9.10. The van der Waals surface area contributed by atoms with E-state index in [9.17, 15) is 9.18 Å². The Morgan fingerprint density at radius 2 is 1.64 bits per heavy atom. The highest BCUT2D eigenvalue weighted by Gasteiger charge is 2.15. The zero-order valence-corrected chi connectivity index (χ0v) is 20.7. The van der Waals surface area contributed by atoms with E-state index in [1.165, 1.54) is 29.0 Å². The molecule has 0 aliphatic carbocycles. The van der Waals surface area contributed by atoms with E-state index in [-0.39, 0.29) is 18.0 Å². The second kappa shape index (κ2) is 10.4. The van der Waals surface area contributed by atoms with Gasteiger partial charge in [-0.05, 0) is 32.0 Å². The highest BCUT2D eigenvalue weighted by Crippen LogP contribution is 2.33. The van der Waals surface area contributed by atoms with Crippen molar-refractivity contribution in [2.24, 2.45) is 0 Å². The third-order valence-corrected chi connectivity index (χ3v) is 6.49. The maximum atomic E-state index is 14.0. The van der Waals surface area contributed by atoms with Crippen molar-refractivity contribution in [3.05, 3.63) is 88.1 Å². The SMILES string of the molecule is Cc1ccc(-c2nc(SCCC(=O)Nc3ccc(Br)cc3F)[nH]c2-c2ccc(C)cc2)cc1. The predicted molar refractivity (Wildman–Crippen MR) is 137 cm³/mol. The van der Waals surface area contributed by atoms with Crippen LogP contribution >= 0.6 is 27.7 Å². The summed E-state index contributed by atoms with van der Waals surface area (Å²) in [5.41, 5.74) is 6.47. The lowest BCUT2D eigenvalue weighted by Crippen LogP contribution is -2.13. The number of aryl methyl sites for hydroxylation is 2. The van der Waals surface area contributed by atoms with Gasteiger partial charge in [-0.1, -0.05) is 87.3 Å². The molecule has 0 saturated heterocycles. The molecule has 1 heterocycles. The maximum absolute atomic E-state index is 14.0. The number of anilines is 1. The van der Waals surface area contributed by atoms with Crippen LogP contribution in [0, 0.1) is 19.7 Å². The van der Waals surface area contributed by atoms with E-state index in [1.807, 2.05) is 0 Å². The largest absolute Gasteiger partial charge is 0.332 e. The van der Waals surface area contributed by atoms with Gasteiger partial charge in [0.25, 0.3) is 0 Å². The summed E-state index contributed by atoms with van der Waals surface area (Å²) in [5, 5.41) is 3.36. The number of carbonyl (C=O) groups excluding carboxylic acids is 1. The van der Waals surface area contributed by atoms with Crippen LogP contribution in [-0.2, 0) is 4.79 Å². The second-order valence-corrected chi connectivity index (χ2v) is 9.77. The number of benzene rings is 3. The van der Waals surface area contributed by atoms with Crippen molar-refractivity contribution in [1.29, 1.82) is 0 Å². The Morgan fingerprint density at radius 3 is 2.27 bits per heavy atom. The highest BCUT2D eigenvalue weighted by atomic mass is 79.9. The number of thioether (sulfide) groups is 1. The molecule has 0 saturated carbocycles. The molecule has 0 spiro atoms. The molecular weight excluding hydrogens is 501 g/mol. The van der Waals surface area contributed by atoms with E-state index >= 15 is 0 Å². The first kappa shape index (κ1) is 23.3. The zero-order chi connectivity index (χ0) is 23.4. The molecule has 0 unspecified atom stereocenters. The zero-order valence-electron chi connectivity index (χ0n) is 18.3. The Hall–Kier alpha value is -2.90. The molecule has 1 aromatic heterocycles. The molecule has 0 radical (unpaired) electrons. The van der Waals surface area contributed by atoms with Crippen molar-refractivity contribution in [3.8, 4) is 22.5 Å². The van der Waals surface area contributed by atoms with Gasteiger partial charge in [-0.15, -0.1) is 0 Å². The summed E-state index contributed by atoms with van der Waals surface area (Å²) in [6.07, 6.45) is 0.237. The molecule has 33 heavy (non-hydrogen) atoms. The van der Waals surface area contributed by atoms with Crippen LogP contribution in [0.25, 0.3) is 22.5 Å². The lowest BCUT2D eigenvalue weighted by molar-refractivity contribution is -0.115. The van der Waals surface area contributed by atoms with Crippen LogP contribution in [0.15, 0.2) is 76.4 Å². The van der Waals surface area contributed by atoms with Gasteiger partial charge in [-0.25, -0.2) is 9.37 Å². The van der Waals surface area contributed by atoms with E-state index in [1.54, 1.807) is 12.1 Å². The smallest absolute Gasteiger partial charge is 0.225 e. The molecule has 4 aromatic rings. The lowest BCUT2D eigenvalue weighted by Gasteiger charge is -2.06. The Morgan fingerprint density at radius 1 is 1.00 bits per heavy atom. The molecule has 0 fully saturated rings. The Bertz CT molecular complexity index is 1210. The molecule has 3 aromatic carbocycles. The third-order valence-electron chi connectivity index (χ3n) is 5.12. The molecular formula is C26H23BrFN3OS. The van der Waals surface area contributed by atoms with E-state index in [2.05, 4.69) is 88.6 Å². The van der Waals surface area contributed by atoms with Crippen LogP contribution in [0.4, 0.5) is 10.1 Å². The molecule has 7 heteroatoms. The fourth-order valence-corrected chi connectivity index (χ4v) is 4.46. The summed E-state index contributed by atoms with van der Waals surface area (Å²) in [4.78, 5) is 20.5. The summed E-state index contributed by atoms with van der Waals surface area (Å²) in [6, 6.07) is 21.1. The van der Waals surface area contributed by atoms with E-state index < -0.39 is 5.82 Å². The van der Waals surface area contributed by atoms with Crippen LogP contribution in [-0.4, -0.2) is 21.6 Å². The molecule has 0 aliphatic rings. The quantitative estimate of drug-likeness (QED) is 0.248. The van der Waals surface area contributed by atoms with Gasteiger partial charge in [0.15, 0.2) is 5.16 Å². The first-order valence-corrected chi connectivity index (χ1v) is 12.3. The molecule has 0 bridgehead atoms. The number of hydrogen-bond donors (Lipinski definition) is 2. The molecule has 4 rings (SSSR count). The number of nitrogens with one attached hydrogen (secondary N) is 2. The van der Waals surface area contributed by atoms with Crippen LogP contribution in [0.3, 0.4) is 0 Å². The third kappa shape index (κ3) is 5.92. The fourth-order valence-electron chi connectivity index (χ4n) is 3.31. The molecule has 4 nitrogen and oxygen atoms in total. The van der Waals surface area contributed by atoms with Gasteiger partial charge in [0, 0.05) is 27.8 Å². The number of rotatable bonds is 7. The van der Waals surface area contributed by atoms with Crippen molar-refractivity contribution < 1.29 is 9.18 Å². The Balaban J connectivity index is 1.48. The minimum absolute atomic E-state index is 0.175. The number of halogens is 2. The number of aromatic nitrogens is 2. The molecule has 2 N–H and O–H groups in total. The van der Waals surface area contributed by atoms with E-state index in [4.69, 9.17) is 4.98 Å². The standard InChI is InChI=1S/C26H23BrFN3OS/c1-16-3-7-18(8-4-16)24-25(19-9-5-17(2)6-10-19)31-26(30-24)33-14-13-23(32)29-22-12-11-20(27)15-21(22)28/h3-12,15H,13-14H2,1-2H3,(H,29,32)(H,30,31). The van der Waals surface area contributed by atoms with Crippen molar-refractivity contribution >= 4 is 39.3 Å². The Kier molecular flexibility index (Phi) is 7.30. The Labute approximate surface area is 205 Å². The van der Waals surface area contributed by atoms with Gasteiger partial charge in [-0.3, -0.25) is 4.79 Å². The van der Waals surface area contributed by atoms with E-state index in [0.29, 0.717) is 10.2 Å². The normalized spacial score (nSPS) is 10.9. The van der Waals surface area contributed by atoms with Crippen molar-refractivity contribution in [1.82, 2.24) is 9.97 Å². The molecule has 0 atom stereocenters. The van der Waals surface area contributed by atoms with Gasteiger partial charge >= 0.3 is 0 Å². The average molecular weight is 524 g/mol. The van der Waals surface area contributed by atoms with Crippen molar-refractivity contribution in [3.63, 3.8) is 0 Å². The first-order chi connectivity index (χ1) is 15.9. The second-order valence-electron chi connectivity index (χ2n) is 7.77. The number of hydrogen-bond acceptors (Lipinski definition) is 3. The summed E-state index contributed by atoms with van der Waals surface area (Å²) in [5.74, 6) is -0.201. The minimum Gasteiger partial charge on any atom is -0.332 e. The minimum atomic E-state index is -0.470. The van der Waals surface area contributed by atoms with E-state index in [0.717, 1.165) is 27.7 Å². The van der Waals surface area contributed by atoms with Crippen molar-refractivity contribution in [2.45, 2.75) is 25.4 Å². The van der Waals surface area contributed by atoms with Crippen LogP contribution < -0.4 is 5.32 Å². The van der Waals surface area contributed by atoms with Gasteiger partial charge < -0.3 is 10.3 Å². The van der Waals surface area contributed by atoms with Gasteiger partial charge in [-0.2, -0.15) is 0 Å². The topological polar surface area (TPSA) is 57.8 Å². The molecule has 1 amide bonds. The lowest BCUT2D eigenvalue weighted by atomic mass is 10.0. The number of carbonyl (C=O) groups is 1. The van der Waals surface area contributed by atoms with Gasteiger partial charge in [0.1, 0.15) is 5.82 Å². The summed E-state index contributed by atoms with van der Waals surface area (Å²) >= 11 is 4.68. The van der Waals surface area contributed by atoms with Crippen LogP contribution in [0.5, 0.6) is 0 Å². The molecule has 0 aliphatic heterocycles. The number of H-pyrrole nitrogens is 1. The van der Waals surface area contributed by atoms with Crippen molar-refractivity contribution in [2.75, 3.05) is 11.1 Å². The van der Waals surface area contributed by atoms with Crippen LogP contribution in [0.1, 0.15) is 17.5 Å². The monoisotopic (exact) mass is 523 g/mol. The first-order valence-electron chi connectivity index (χ1n) is 10.5. The number of imidazole rings is 1. The summed E-state index contributed by atoms with van der Waals surface area (Å²) in [6.45, 7) is 4.12. The molecule has 168 valence electrons. The predicted octanol–water partition coefficient (Wildman–Crippen LogP) is 7.38. The number of aromatic amines is 1. The van der Waals surface area contributed by atoms with Crippen LogP contribution in [0.2, 0.25) is 0 Å². The number of nitrogens with zero attached hydrogens (tertiary/aromatic N) is 1. The average Bonchev–Trinajstić information content (AvgIpc) is 3.21. The fraction of sp³-hybridized carbons (Fsp3) is 0.154. The summed E-state index contributed by atoms with van der Waals surface area (Å²) in [7, 11) is 0. The van der Waals surface area contributed by atoms with Gasteiger partial charge in [0.05, 0.1) is 17.1 Å².